The fourth-order valence-corrected chi connectivity index (χ4v) is 4.58. The Morgan fingerprint density at radius 2 is 1.63 bits per heavy atom. The summed E-state index contributed by atoms with van der Waals surface area (Å²) in [4.78, 5) is 29.6. The second-order valence-electron chi connectivity index (χ2n) is 8.08. The largest absolute Gasteiger partial charge is 0.455 e. The zero-order chi connectivity index (χ0) is 21.0. The van der Waals surface area contributed by atoms with E-state index in [4.69, 9.17) is 4.74 Å². The highest BCUT2D eigenvalue weighted by atomic mass is 19.1. The predicted molar refractivity (Wildman–Crippen MR) is 113 cm³/mol. The molecule has 2 aromatic rings. The molecule has 1 saturated heterocycles. The maximum Gasteiger partial charge on any atom is 0.317 e. The number of hydrogen-bond donors (Lipinski definition) is 0. The number of esters is 1. The van der Waals surface area contributed by atoms with Crippen LogP contribution >= 0.6 is 0 Å². The van der Waals surface area contributed by atoms with Gasteiger partial charge in [-0.25, -0.2) is 4.39 Å². The van der Waals surface area contributed by atoms with Gasteiger partial charge >= 0.3 is 5.97 Å². The number of hydrogen-bond acceptors (Lipinski definition) is 4. The van der Waals surface area contributed by atoms with Crippen LogP contribution in [0, 0.1) is 5.82 Å². The molecule has 0 spiro atoms. The zero-order valence-corrected chi connectivity index (χ0v) is 17.1. The fraction of sp³-hybridized carbons (Fsp3) is 0.417. The van der Waals surface area contributed by atoms with Crippen LogP contribution in [0.4, 0.5) is 10.1 Å². The number of piperazine rings is 1. The van der Waals surface area contributed by atoms with Crippen molar-refractivity contribution < 1.29 is 18.7 Å². The van der Waals surface area contributed by atoms with Gasteiger partial charge in [0.1, 0.15) is 5.82 Å². The van der Waals surface area contributed by atoms with E-state index in [1.807, 2.05) is 18.2 Å². The van der Waals surface area contributed by atoms with Crippen molar-refractivity contribution in [1.29, 1.82) is 0 Å². The number of ether oxygens (including phenoxy) is 1. The molecule has 1 aliphatic carbocycles. The van der Waals surface area contributed by atoms with E-state index in [0.29, 0.717) is 31.5 Å². The van der Waals surface area contributed by atoms with Crippen molar-refractivity contribution in [2.75, 3.05) is 37.7 Å². The third-order valence-corrected chi connectivity index (χ3v) is 6.31. The molecule has 6 heteroatoms. The number of halogens is 1. The highest BCUT2D eigenvalue weighted by Crippen LogP contribution is 2.42. The van der Waals surface area contributed by atoms with Crippen molar-refractivity contribution in [1.82, 2.24) is 4.90 Å². The van der Waals surface area contributed by atoms with E-state index in [9.17, 15) is 14.0 Å². The number of benzene rings is 2. The quantitative estimate of drug-likeness (QED) is 0.708. The summed E-state index contributed by atoms with van der Waals surface area (Å²) in [5.74, 6) is -0.954. The Morgan fingerprint density at radius 1 is 0.933 bits per heavy atom. The van der Waals surface area contributed by atoms with Crippen molar-refractivity contribution in [3.05, 3.63) is 66.0 Å². The van der Waals surface area contributed by atoms with Gasteiger partial charge in [-0.05, 0) is 42.7 Å². The third kappa shape index (κ3) is 4.18. The molecule has 0 radical (unpaired) electrons. The van der Waals surface area contributed by atoms with Crippen LogP contribution in [0.15, 0.2) is 54.6 Å². The maximum absolute atomic E-state index is 13.7. The van der Waals surface area contributed by atoms with Gasteiger partial charge in [0.15, 0.2) is 6.61 Å². The molecule has 2 aliphatic rings. The van der Waals surface area contributed by atoms with E-state index in [2.05, 4.69) is 17.0 Å². The lowest BCUT2D eigenvalue weighted by Gasteiger charge is -2.36. The Kier molecular flexibility index (Phi) is 6.02. The van der Waals surface area contributed by atoms with Crippen molar-refractivity contribution >= 4 is 17.6 Å². The number of rotatable bonds is 5. The molecule has 1 amide bonds. The Balaban J connectivity index is 1.34. The van der Waals surface area contributed by atoms with Gasteiger partial charge in [-0.15, -0.1) is 0 Å². The van der Waals surface area contributed by atoms with E-state index in [1.165, 1.54) is 12.1 Å². The number of carbonyl (C=O) groups excluding carboxylic acids is 2. The van der Waals surface area contributed by atoms with E-state index in [0.717, 1.165) is 31.6 Å². The highest BCUT2D eigenvalue weighted by Gasteiger charge is 2.44. The molecular weight excluding hydrogens is 383 g/mol. The molecule has 5 nitrogen and oxygen atoms in total. The maximum atomic E-state index is 13.7. The minimum absolute atomic E-state index is 0.177. The van der Waals surface area contributed by atoms with Crippen LogP contribution in [0.25, 0.3) is 0 Å². The van der Waals surface area contributed by atoms with Gasteiger partial charge < -0.3 is 14.5 Å². The summed E-state index contributed by atoms with van der Waals surface area (Å²) in [5.41, 5.74) is 0.956. The van der Waals surface area contributed by atoms with Gasteiger partial charge in [0.2, 0.25) is 0 Å². The van der Waals surface area contributed by atoms with Crippen molar-refractivity contribution in [3.8, 4) is 0 Å². The zero-order valence-electron chi connectivity index (χ0n) is 17.1. The second kappa shape index (κ2) is 8.86. The molecule has 0 N–H and O–H groups in total. The first-order valence-corrected chi connectivity index (χ1v) is 10.6. The molecule has 0 unspecified atom stereocenters. The summed E-state index contributed by atoms with van der Waals surface area (Å²) in [5, 5.41) is 0. The van der Waals surface area contributed by atoms with Crippen LogP contribution in [0.1, 0.15) is 31.2 Å². The van der Waals surface area contributed by atoms with Gasteiger partial charge in [0.05, 0.1) is 5.41 Å². The third-order valence-electron chi connectivity index (χ3n) is 6.31. The monoisotopic (exact) mass is 410 g/mol. The Hall–Kier alpha value is -2.89. The van der Waals surface area contributed by atoms with Gasteiger partial charge in [-0.3, -0.25) is 9.59 Å². The molecule has 0 atom stereocenters. The summed E-state index contributed by atoms with van der Waals surface area (Å²) >= 11 is 0. The Labute approximate surface area is 176 Å². The first-order valence-electron chi connectivity index (χ1n) is 10.6. The molecule has 2 aromatic carbocycles. The number of nitrogens with zero attached hydrogens (tertiary/aromatic N) is 2. The van der Waals surface area contributed by atoms with Crippen molar-refractivity contribution in [3.63, 3.8) is 0 Å². The van der Waals surface area contributed by atoms with Gasteiger partial charge in [-0.1, -0.05) is 43.2 Å². The summed E-state index contributed by atoms with van der Waals surface area (Å²) in [6.07, 6.45) is 3.03. The molecule has 1 saturated carbocycles. The number of para-hydroxylation sites is 1. The Bertz CT molecular complexity index is 888. The van der Waals surface area contributed by atoms with Crippen LogP contribution in [0.2, 0.25) is 0 Å². The number of amides is 1. The van der Waals surface area contributed by atoms with Crippen LogP contribution in [-0.4, -0.2) is 49.6 Å². The lowest BCUT2D eigenvalue weighted by Crippen LogP contribution is -2.50. The van der Waals surface area contributed by atoms with Crippen LogP contribution < -0.4 is 4.90 Å². The molecule has 2 fully saturated rings. The lowest BCUT2D eigenvalue weighted by atomic mass is 9.79. The Morgan fingerprint density at radius 3 is 2.30 bits per heavy atom. The van der Waals surface area contributed by atoms with E-state index in [1.54, 1.807) is 17.0 Å². The molecule has 4 rings (SSSR count). The number of carbonyl (C=O) groups is 2. The topological polar surface area (TPSA) is 49.9 Å². The average Bonchev–Trinajstić information content (AvgIpc) is 3.29. The van der Waals surface area contributed by atoms with Gasteiger partial charge in [-0.2, -0.15) is 0 Å². The molecule has 0 bridgehead atoms. The minimum atomic E-state index is -0.839. The summed E-state index contributed by atoms with van der Waals surface area (Å²) in [6.45, 7) is 2.43. The average molecular weight is 410 g/mol. The lowest BCUT2D eigenvalue weighted by molar-refractivity contribution is -0.157. The molecule has 158 valence electrons. The summed E-state index contributed by atoms with van der Waals surface area (Å²) in [7, 11) is 0. The SMILES string of the molecule is O=C(COC(=O)C1(c2cccc(F)c2)CCCC1)N1CCN(c2ccccc2)CC1. The van der Waals surface area contributed by atoms with E-state index in [-0.39, 0.29) is 18.3 Å². The molecule has 30 heavy (non-hydrogen) atoms. The predicted octanol–water partition coefficient (Wildman–Crippen LogP) is 3.53. The standard InChI is InChI=1S/C24H27FN2O3/c25-20-8-6-7-19(17-20)24(11-4-5-12-24)23(29)30-18-22(28)27-15-13-26(14-16-27)21-9-2-1-3-10-21/h1-3,6-10,17H,4-5,11-16,18H2. The first kappa shape index (κ1) is 20.4. The summed E-state index contributed by atoms with van der Waals surface area (Å²) in [6, 6.07) is 16.3. The van der Waals surface area contributed by atoms with Gasteiger partial charge in [0, 0.05) is 31.9 Å². The van der Waals surface area contributed by atoms with E-state index < -0.39 is 11.4 Å². The summed E-state index contributed by atoms with van der Waals surface area (Å²) < 4.78 is 19.2. The number of anilines is 1. The smallest absolute Gasteiger partial charge is 0.317 e. The normalized spacial score (nSPS) is 18.3. The second-order valence-corrected chi connectivity index (χ2v) is 8.08. The molecular formula is C24H27FN2O3. The van der Waals surface area contributed by atoms with Crippen LogP contribution in [0.3, 0.4) is 0 Å². The van der Waals surface area contributed by atoms with Gasteiger partial charge in [0.25, 0.3) is 5.91 Å². The first-order chi connectivity index (χ1) is 14.6. The minimum Gasteiger partial charge on any atom is -0.455 e. The molecule has 1 aliphatic heterocycles. The van der Waals surface area contributed by atoms with Crippen molar-refractivity contribution in [2.45, 2.75) is 31.1 Å². The van der Waals surface area contributed by atoms with Crippen molar-refractivity contribution in [2.24, 2.45) is 0 Å². The van der Waals surface area contributed by atoms with Crippen LogP contribution in [-0.2, 0) is 19.7 Å². The molecule has 0 aromatic heterocycles. The molecule has 1 heterocycles. The fourth-order valence-electron chi connectivity index (χ4n) is 4.58. The highest BCUT2D eigenvalue weighted by molar-refractivity contribution is 5.87. The van der Waals surface area contributed by atoms with E-state index >= 15 is 0 Å². The van der Waals surface area contributed by atoms with Crippen LogP contribution in [0.5, 0.6) is 0 Å².